The van der Waals surface area contributed by atoms with Crippen molar-refractivity contribution in [1.82, 2.24) is 35.1 Å². The number of nitrogens with one attached hydrogen (secondary N) is 1. The monoisotopic (exact) mass is 698 g/mol. The largest absolute Gasteiger partial charge is 0.459 e. The third-order valence-corrected chi connectivity index (χ3v) is 8.94. The van der Waals surface area contributed by atoms with Crippen molar-refractivity contribution in [1.29, 1.82) is 10.5 Å². The van der Waals surface area contributed by atoms with Gasteiger partial charge in [-0.1, -0.05) is 25.4 Å². The molecule has 0 radical (unpaired) electrons. The lowest BCUT2D eigenvalue weighted by molar-refractivity contribution is -0.132. The van der Waals surface area contributed by atoms with Crippen LogP contribution in [0.3, 0.4) is 0 Å². The maximum atomic E-state index is 12.0. The number of carbonyl (C=O) groups is 2. The lowest BCUT2D eigenvalue weighted by Gasteiger charge is -2.41. The topological polar surface area (TPSA) is 181 Å². The molecule has 16 heteroatoms. The van der Waals surface area contributed by atoms with E-state index in [0.29, 0.717) is 47.3 Å². The molecule has 2 aliphatic rings. The van der Waals surface area contributed by atoms with Gasteiger partial charge in [-0.15, -0.1) is 12.4 Å². The number of nitriles is 2. The fraction of sp³-hybridized carbons (Fsp3) is 0.500. The van der Waals surface area contributed by atoms with Crippen molar-refractivity contribution in [3.63, 3.8) is 0 Å². The first-order chi connectivity index (χ1) is 22.7. The highest BCUT2D eigenvalue weighted by Crippen LogP contribution is 2.29. The van der Waals surface area contributed by atoms with Crippen molar-refractivity contribution in [3.05, 3.63) is 42.5 Å². The summed E-state index contributed by atoms with van der Waals surface area (Å²) in [5.74, 6) is 1.59. The lowest BCUT2D eigenvalue weighted by Crippen LogP contribution is -2.52. The first-order valence-electron chi connectivity index (χ1n) is 15.4. The van der Waals surface area contributed by atoms with E-state index in [1.54, 1.807) is 28.2 Å². The van der Waals surface area contributed by atoms with Crippen LogP contribution in [0.2, 0.25) is 5.15 Å². The molecule has 2 fully saturated rings. The van der Waals surface area contributed by atoms with Gasteiger partial charge in [-0.2, -0.15) is 10.5 Å². The Labute approximate surface area is 290 Å². The number of carbonyl (C=O) groups excluding carboxylic acids is 2. The summed E-state index contributed by atoms with van der Waals surface area (Å²) in [7, 11) is 3.88. The Hall–Kier alpha value is -4.50. The van der Waals surface area contributed by atoms with Crippen molar-refractivity contribution in [3.8, 4) is 12.1 Å². The zero-order valence-corrected chi connectivity index (χ0v) is 28.9. The molecule has 4 atom stereocenters. The van der Waals surface area contributed by atoms with Crippen LogP contribution in [-0.2, 0) is 9.59 Å². The average molecular weight is 700 g/mol. The fourth-order valence-corrected chi connectivity index (χ4v) is 5.94. The van der Waals surface area contributed by atoms with Gasteiger partial charge in [0.05, 0.1) is 30.7 Å². The molecular weight excluding hydrogens is 659 g/mol. The second kappa shape index (κ2) is 18.2. The van der Waals surface area contributed by atoms with Crippen LogP contribution in [0.4, 0.5) is 5.82 Å². The molecule has 6 rings (SSSR count). The Morgan fingerprint density at radius 1 is 0.917 bits per heavy atom. The minimum Gasteiger partial charge on any atom is -0.459 e. The lowest BCUT2D eigenvalue weighted by atomic mass is 9.92. The molecule has 0 bridgehead atoms. The van der Waals surface area contributed by atoms with Gasteiger partial charge >= 0.3 is 0 Å². The van der Waals surface area contributed by atoms with Gasteiger partial charge in [-0.05, 0) is 31.7 Å². The van der Waals surface area contributed by atoms with Crippen LogP contribution < -0.4 is 10.2 Å². The Balaban J connectivity index is 0.000000213. The Morgan fingerprint density at radius 2 is 1.46 bits per heavy atom. The summed E-state index contributed by atoms with van der Waals surface area (Å²) >= 11 is 5.65. The van der Waals surface area contributed by atoms with Gasteiger partial charge in [0.25, 0.3) is 0 Å². The number of hydrogen-bond acceptors (Lipinski definition) is 12. The molecule has 2 amide bonds. The standard InChI is InChI=1S/C16H19N5O2.C10H17N3O.C6H3ClN2O.ClH/c1-11-4-7-21(14(22)3-6-17)9-13(11)20(2)16-15-12(5-8-23-15)18-10-19-16;1-8-4-6-13(7-9(8)12-2)10(14)3-5-11;7-6-5-4(1-2-10-5)8-3-9-6;/h5,8,10-11,13H,3-4,7,9H2,1-2H3;8-9,12H,3-4,6-7H2,1-2H3;1-3H;1H/t11-,13+;8-,9+;;/m11../s1. The molecule has 0 aromatic carbocycles. The van der Waals surface area contributed by atoms with Crippen LogP contribution in [0.5, 0.6) is 0 Å². The number of hydrogen-bond donors (Lipinski definition) is 1. The Kier molecular flexibility index (Phi) is 14.4. The Morgan fingerprint density at radius 3 is 2.04 bits per heavy atom. The quantitative estimate of drug-likeness (QED) is 0.289. The predicted molar refractivity (Wildman–Crippen MR) is 182 cm³/mol. The minimum absolute atomic E-state index is 0. The predicted octanol–water partition coefficient (Wildman–Crippen LogP) is 4.46. The number of likely N-dealkylation sites (N-methyl/N-ethyl adjacent to an activating group) is 2. The van der Waals surface area contributed by atoms with E-state index < -0.39 is 0 Å². The maximum Gasteiger partial charge on any atom is 0.236 e. The summed E-state index contributed by atoms with van der Waals surface area (Å²) in [6.45, 7) is 7.18. The number of nitrogens with zero attached hydrogens (tertiary/aromatic N) is 9. The number of amides is 2. The molecular formula is C32H40Cl2N10O4. The summed E-state index contributed by atoms with van der Waals surface area (Å²) in [6.07, 6.45) is 7.91. The molecule has 4 aromatic rings. The van der Waals surface area contributed by atoms with Gasteiger partial charge in [-0.3, -0.25) is 9.59 Å². The second-order valence-corrected chi connectivity index (χ2v) is 11.9. The summed E-state index contributed by atoms with van der Waals surface area (Å²) in [5.41, 5.74) is 2.70. The van der Waals surface area contributed by atoms with E-state index in [2.05, 4.69) is 44.0 Å². The highest BCUT2D eigenvalue weighted by atomic mass is 35.5. The van der Waals surface area contributed by atoms with Crippen LogP contribution in [-0.4, -0.2) is 93.9 Å². The van der Waals surface area contributed by atoms with Crippen molar-refractivity contribution in [2.45, 2.75) is 51.6 Å². The van der Waals surface area contributed by atoms with Gasteiger partial charge in [0, 0.05) is 51.4 Å². The van der Waals surface area contributed by atoms with E-state index in [9.17, 15) is 9.59 Å². The molecule has 14 nitrogen and oxygen atoms in total. The molecule has 4 aromatic heterocycles. The normalized spacial score (nSPS) is 20.2. The third kappa shape index (κ3) is 9.31. The number of aromatic nitrogens is 4. The first kappa shape index (κ1) is 38.0. The second-order valence-electron chi connectivity index (χ2n) is 11.6. The molecule has 0 aliphatic carbocycles. The summed E-state index contributed by atoms with van der Waals surface area (Å²) < 4.78 is 10.5. The average Bonchev–Trinajstić information content (AvgIpc) is 3.77. The fourth-order valence-electron chi connectivity index (χ4n) is 5.75. The number of likely N-dealkylation sites (tertiary alicyclic amines) is 2. The van der Waals surface area contributed by atoms with E-state index in [0.717, 1.165) is 42.8 Å². The minimum atomic E-state index is -0.108. The third-order valence-electron chi connectivity index (χ3n) is 8.67. The number of piperidine rings is 2. The van der Waals surface area contributed by atoms with Gasteiger partial charge in [0.2, 0.25) is 11.8 Å². The van der Waals surface area contributed by atoms with E-state index in [-0.39, 0.29) is 43.1 Å². The number of fused-ring (bicyclic) bond motifs is 2. The van der Waals surface area contributed by atoms with Gasteiger partial charge in [-0.25, -0.2) is 19.9 Å². The zero-order chi connectivity index (χ0) is 33.9. The van der Waals surface area contributed by atoms with Gasteiger partial charge in [0.1, 0.15) is 36.5 Å². The van der Waals surface area contributed by atoms with E-state index >= 15 is 0 Å². The smallest absolute Gasteiger partial charge is 0.236 e. The van der Waals surface area contributed by atoms with Crippen LogP contribution in [0, 0.1) is 34.5 Å². The highest BCUT2D eigenvalue weighted by Gasteiger charge is 2.33. The van der Waals surface area contributed by atoms with Crippen molar-refractivity contribution >= 4 is 63.8 Å². The summed E-state index contributed by atoms with van der Waals surface area (Å²) in [6, 6.07) is 7.86. The van der Waals surface area contributed by atoms with Crippen LogP contribution >= 0.6 is 24.0 Å². The Bertz CT molecular complexity index is 1730. The molecule has 2 aliphatic heterocycles. The molecule has 0 saturated carbocycles. The van der Waals surface area contributed by atoms with E-state index in [4.69, 9.17) is 31.0 Å². The SMILES string of the molecule is CN[C@H]1CN(C(=O)CC#N)CC[C@H]1C.C[C@@H]1CCN(C(=O)CC#N)C[C@@H]1N(C)c1ncnc2ccoc12.Cl.Clc1ncnc2ccoc12. The highest BCUT2D eigenvalue weighted by molar-refractivity contribution is 6.33. The number of halogens is 2. The summed E-state index contributed by atoms with van der Waals surface area (Å²) in [5, 5.41) is 20.7. The molecule has 256 valence electrons. The molecule has 6 heterocycles. The first-order valence-corrected chi connectivity index (χ1v) is 15.8. The molecule has 2 saturated heterocycles. The maximum absolute atomic E-state index is 12.0. The van der Waals surface area contributed by atoms with Crippen molar-refractivity contribution < 1.29 is 18.4 Å². The molecule has 0 unspecified atom stereocenters. The van der Waals surface area contributed by atoms with Crippen molar-refractivity contribution in [2.75, 3.05) is 45.2 Å². The van der Waals surface area contributed by atoms with Crippen molar-refractivity contribution in [2.24, 2.45) is 11.8 Å². The number of furan rings is 2. The van der Waals surface area contributed by atoms with Crippen LogP contribution in [0.15, 0.2) is 46.1 Å². The number of rotatable bonds is 5. The van der Waals surface area contributed by atoms with Crippen LogP contribution in [0.25, 0.3) is 22.2 Å². The molecule has 1 N–H and O–H groups in total. The van der Waals surface area contributed by atoms with E-state index in [1.165, 1.54) is 18.9 Å². The molecule has 0 spiro atoms. The van der Waals surface area contributed by atoms with Gasteiger partial charge in [0.15, 0.2) is 22.1 Å². The van der Waals surface area contributed by atoms with Gasteiger partial charge < -0.3 is 28.9 Å². The number of anilines is 1. The van der Waals surface area contributed by atoms with E-state index in [1.807, 2.05) is 26.2 Å². The zero-order valence-electron chi connectivity index (χ0n) is 27.4. The van der Waals surface area contributed by atoms with Crippen LogP contribution in [0.1, 0.15) is 39.5 Å². The molecule has 48 heavy (non-hydrogen) atoms. The summed E-state index contributed by atoms with van der Waals surface area (Å²) in [4.78, 5) is 45.3.